The predicted molar refractivity (Wildman–Crippen MR) is 52.9 cm³/mol. The molecule has 0 aliphatic carbocycles. The Balaban J connectivity index is 2.99. The zero-order valence-corrected chi connectivity index (χ0v) is 7.64. The summed E-state index contributed by atoms with van der Waals surface area (Å²) in [6.07, 6.45) is 5.35. The quantitative estimate of drug-likeness (QED) is 0.509. The van der Waals surface area contributed by atoms with E-state index >= 15 is 0 Å². The molecule has 2 heteroatoms. The minimum atomic E-state index is 1.10. The van der Waals surface area contributed by atoms with Crippen molar-refractivity contribution in [3.8, 4) is 6.07 Å². The Kier molecular flexibility index (Phi) is 3.43. The van der Waals surface area contributed by atoms with Gasteiger partial charge in [0.15, 0.2) is 0 Å². The van der Waals surface area contributed by atoms with Crippen LogP contribution in [0.3, 0.4) is 0 Å². The smallest absolute Gasteiger partial charge is 0.0912 e. The van der Waals surface area contributed by atoms with Crippen molar-refractivity contribution >= 4 is 17.8 Å². The lowest BCUT2D eigenvalue weighted by Gasteiger charge is -1.99. The fourth-order valence-corrected chi connectivity index (χ4v) is 1.52. The van der Waals surface area contributed by atoms with Crippen molar-refractivity contribution in [2.75, 3.05) is 6.26 Å². The van der Waals surface area contributed by atoms with Gasteiger partial charge in [-0.2, -0.15) is 5.26 Å². The summed E-state index contributed by atoms with van der Waals surface area (Å²) in [7, 11) is 0. The SMILES string of the molecule is CSc1ccccc1C=CC#N. The van der Waals surface area contributed by atoms with Crippen molar-refractivity contribution in [1.29, 1.82) is 5.26 Å². The summed E-state index contributed by atoms with van der Waals surface area (Å²) < 4.78 is 0. The van der Waals surface area contributed by atoms with Crippen LogP contribution in [0.15, 0.2) is 35.2 Å². The van der Waals surface area contributed by atoms with Gasteiger partial charge in [-0.25, -0.2) is 0 Å². The average molecular weight is 175 g/mol. The third-order valence-corrected chi connectivity index (χ3v) is 2.29. The molecule has 1 aromatic carbocycles. The molecule has 0 heterocycles. The van der Waals surface area contributed by atoms with Crippen molar-refractivity contribution < 1.29 is 0 Å². The summed E-state index contributed by atoms with van der Waals surface area (Å²) in [4.78, 5) is 1.20. The molecule has 0 aromatic heterocycles. The molecule has 0 N–H and O–H groups in total. The van der Waals surface area contributed by atoms with Crippen molar-refractivity contribution in [3.63, 3.8) is 0 Å². The maximum absolute atomic E-state index is 8.35. The van der Waals surface area contributed by atoms with Gasteiger partial charge in [0, 0.05) is 11.0 Å². The average Bonchev–Trinajstić information content (AvgIpc) is 2.15. The first-order valence-corrected chi connectivity index (χ1v) is 4.80. The van der Waals surface area contributed by atoms with Gasteiger partial charge in [-0.1, -0.05) is 18.2 Å². The topological polar surface area (TPSA) is 23.8 Å². The molecule has 12 heavy (non-hydrogen) atoms. The number of hydrogen-bond donors (Lipinski definition) is 0. The van der Waals surface area contributed by atoms with E-state index in [1.165, 1.54) is 11.0 Å². The predicted octanol–water partition coefficient (Wildman–Crippen LogP) is 2.95. The maximum Gasteiger partial charge on any atom is 0.0912 e. The van der Waals surface area contributed by atoms with E-state index in [1.807, 2.05) is 42.7 Å². The molecule has 1 rings (SSSR count). The molecule has 60 valence electrons. The van der Waals surface area contributed by atoms with Crippen LogP contribution in [0.4, 0.5) is 0 Å². The number of allylic oxidation sites excluding steroid dienone is 1. The summed E-state index contributed by atoms with van der Waals surface area (Å²) >= 11 is 1.69. The normalized spacial score (nSPS) is 10.0. The lowest BCUT2D eigenvalue weighted by molar-refractivity contribution is 1.43. The van der Waals surface area contributed by atoms with Crippen LogP contribution in [-0.4, -0.2) is 6.26 Å². The second kappa shape index (κ2) is 4.63. The van der Waals surface area contributed by atoms with E-state index in [2.05, 4.69) is 0 Å². The lowest BCUT2D eigenvalue weighted by Crippen LogP contribution is -1.76. The summed E-state index contributed by atoms with van der Waals surface area (Å²) in [6.45, 7) is 0. The Morgan fingerprint density at radius 1 is 1.42 bits per heavy atom. The van der Waals surface area contributed by atoms with E-state index in [1.54, 1.807) is 11.8 Å². The molecule has 0 radical (unpaired) electrons. The zero-order chi connectivity index (χ0) is 8.81. The molecule has 0 aliphatic rings. The minimum absolute atomic E-state index is 1.10. The number of hydrogen-bond acceptors (Lipinski definition) is 2. The summed E-state index contributed by atoms with van der Waals surface area (Å²) in [5.41, 5.74) is 1.10. The fourth-order valence-electron chi connectivity index (χ4n) is 0.931. The van der Waals surface area contributed by atoms with Gasteiger partial charge < -0.3 is 0 Å². The van der Waals surface area contributed by atoms with Gasteiger partial charge in [0.25, 0.3) is 0 Å². The Morgan fingerprint density at radius 3 is 2.83 bits per heavy atom. The van der Waals surface area contributed by atoms with Crippen LogP contribution in [0.5, 0.6) is 0 Å². The minimum Gasteiger partial charge on any atom is -0.193 e. The van der Waals surface area contributed by atoms with Crippen LogP contribution in [0.25, 0.3) is 6.08 Å². The standard InChI is InChI=1S/C10H9NS/c1-12-10-7-3-2-5-9(10)6-4-8-11/h2-7H,1H3. The number of benzene rings is 1. The molecular weight excluding hydrogens is 166 g/mol. The number of thioether (sulfide) groups is 1. The first-order chi connectivity index (χ1) is 5.88. The molecule has 0 aliphatic heterocycles. The molecule has 0 saturated heterocycles. The van der Waals surface area contributed by atoms with Crippen LogP contribution < -0.4 is 0 Å². The van der Waals surface area contributed by atoms with E-state index in [4.69, 9.17) is 5.26 Å². The van der Waals surface area contributed by atoms with Crippen molar-refractivity contribution in [3.05, 3.63) is 35.9 Å². The molecule has 1 aromatic rings. The van der Waals surface area contributed by atoms with Gasteiger partial charge in [0.2, 0.25) is 0 Å². The third-order valence-electron chi connectivity index (χ3n) is 1.48. The molecule has 0 atom stereocenters. The van der Waals surface area contributed by atoms with Crippen LogP contribution in [0.1, 0.15) is 5.56 Å². The fraction of sp³-hybridized carbons (Fsp3) is 0.100. The molecule has 0 unspecified atom stereocenters. The Morgan fingerprint density at radius 2 is 2.17 bits per heavy atom. The van der Waals surface area contributed by atoms with E-state index < -0.39 is 0 Å². The van der Waals surface area contributed by atoms with Crippen molar-refractivity contribution in [2.24, 2.45) is 0 Å². The highest BCUT2D eigenvalue weighted by atomic mass is 32.2. The van der Waals surface area contributed by atoms with Crippen LogP contribution >= 0.6 is 11.8 Å². The monoisotopic (exact) mass is 175 g/mol. The molecule has 0 amide bonds. The van der Waals surface area contributed by atoms with Gasteiger partial charge in [-0.15, -0.1) is 11.8 Å². The van der Waals surface area contributed by atoms with E-state index in [0.29, 0.717) is 0 Å². The van der Waals surface area contributed by atoms with Crippen molar-refractivity contribution in [1.82, 2.24) is 0 Å². The highest BCUT2D eigenvalue weighted by molar-refractivity contribution is 7.98. The van der Waals surface area contributed by atoms with E-state index in [0.717, 1.165) is 5.56 Å². The van der Waals surface area contributed by atoms with Crippen LogP contribution in [0.2, 0.25) is 0 Å². The molecule has 0 fully saturated rings. The number of nitrogens with zero attached hydrogens (tertiary/aromatic N) is 1. The van der Waals surface area contributed by atoms with Gasteiger partial charge in [0.1, 0.15) is 0 Å². The Labute approximate surface area is 76.7 Å². The molecule has 0 bridgehead atoms. The summed E-state index contributed by atoms with van der Waals surface area (Å²) in [5, 5.41) is 8.35. The molecule has 0 saturated carbocycles. The van der Waals surface area contributed by atoms with Gasteiger partial charge >= 0.3 is 0 Å². The third kappa shape index (κ3) is 2.14. The Hall–Kier alpha value is -1.20. The maximum atomic E-state index is 8.35. The number of nitriles is 1. The molecule has 1 nitrogen and oxygen atoms in total. The Bertz CT molecular complexity index is 323. The molecular formula is C10H9NS. The van der Waals surface area contributed by atoms with Gasteiger partial charge in [-0.05, 0) is 24.0 Å². The zero-order valence-electron chi connectivity index (χ0n) is 6.82. The summed E-state index contributed by atoms with van der Waals surface area (Å²) in [6, 6.07) is 9.99. The first-order valence-electron chi connectivity index (χ1n) is 3.57. The largest absolute Gasteiger partial charge is 0.193 e. The highest BCUT2D eigenvalue weighted by Crippen LogP contribution is 2.20. The van der Waals surface area contributed by atoms with Crippen LogP contribution in [-0.2, 0) is 0 Å². The second-order valence-corrected chi connectivity index (χ2v) is 3.05. The summed E-state index contributed by atoms with van der Waals surface area (Å²) in [5.74, 6) is 0. The van der Waals surface area contributed by atoms with E-state index in [9.17, 15) is 0 Å². The second-order valence-electron chi connectivity index (χ2n) is 2.20. The van der Waals surface area contributed by atoms with Crippen LogP contribution in [0, 0.1) is 11.3 Å². The molecule has 0 spiro atoms. The van der Waals surface area contributed by atoms with Gasteiger partial charge in [-0.3, -0.25) is 0 Å². The van der Waals surface area contributed by atoms with Crippen molar-refractivity contribution in [2.45, 2.75) is 4.90 Å². The highest BCUT2D eigenvalue weighted by Gasteiger charge is 1.93. The number of rotatable bonds is 2. The van der Waals surface area contributed by atoms with E-state index in [-0.39, 0.29) is 0 Å². The van der Waals surface area contributed by atoms with Gasteiger partial charge in [0.05, 0.1) is 6.07 Å². The first kappa shape index (κ1) is 8.89. The lowest BCUT2D eigenvalue weighted by atomic mass is 10.2.